The fourth-order valence-corrected chi connectivity index (χ4v) is 3.13. The van der Waals surface area contributed by atoms with E-state index in [1.165, 1.54) is 0 Å². The number of nitrogens with zero attached hydrogens (tertiary/aromatic N) is 1. The van der Waals surface area contributed by atoms with E-state index in [-0.39, 0.29) is 30.3 Å². The number of hydrogen-bond acceptors (Lipinski definition) is 3. The lowest BCUT2D eigenvalue weighted by molar-refractivity contribution is -0.120. The van der Waals surface area contributed by atoms with Crippen LogP contribution in [-0.4, -0.2) is 43.0 Å². The molecule has 0 aliphatic carbocycles. The monoisotopic (exact) mass is 352 g/mol. The third-order valence-corrected chi connectivity index (χ3v) is 4.53. The van der Waals surface area contributed by atoms with Crippen LogP contribution in [0.3, 0.4) is 0 Å². The summed E-state index contributed by atoms with van der Waals surface area (Å²) >= 11 is 0. The number of anilines is 2. The molecule has 2 aliphatic heterocycles. The van der Waals surface area contributed by atoms with Crippen LogP contribution in [0, 0.1) is 5.92 Å². The topological polar surface area (TPSA) is 73.5 Å². The second-order valence-corrected chi connectivity index (χ2v) is 6.18. The number of piperidine rings is 1. The molecule has 1 aromatic rings. The fourth-order valence-electron chi connectivity index (χ4n) is 3.13. The number of urea groups is 1. The molecular weight excluding hydrogens is 328 g/mol. The van der Waals surface area contributed by atoms with Gasteiger partial charge in [-0.3, -0.25) is 4.79 Å². The van der Waals surface area contributed by atoms with E-state index in [4.69, 9.17) is 0 Å². The summed E-state index contributed by atoms with van der Waals surface area (Å²) in [6.07, 6.45) is 3.82. The highest BCUT2D eigenvalue weighted by Gasteiger charge is 2.22. The van der Waals surface area contributed by atoms with Gasteiger partial charge >= 0.3 is 6.03 Å². The Morgan fingerprint density at radius 2 is 1.58 bits per heavy atom. The maximum Gasteiger partial charge on any atom is 0.321 e. The summed E-state index contributed by atoms with van der Waals surface area (Å²) in [4.78, 5) is 26.5. The summed E-state index contributed by atoms with van der Waals surface area (Å²) < 4.78 is 0. The minimum absolute atomic E-state index is 0. The first-order valence-electron chi connectivity index (χ1n) is 8.40. The molecule has 0 radical (unpaired) electrons. The summed E-state index contributed by atoms with van der Waals surface area (Å²) in [7, 11) is 0. The maximum atomic E-state index is 12.4. The van der Waals surface area contributed by atoms with E-state index in [1.54, 1.807) is 0 Å². The molecule has 3 N–H and O–H groups in total. The smallest absolute Gasteiger partial charge is 0.321 e. The lowest BCUT2D eigenvalue weighted by Crippen LogP contribution is -2.35. The Hall–Kier alpha value is -1.79. The molecule has 0 atom stereocenters. The number of benzene rings is 1. The summed E-state index contributed by atoms with van der Waals surface area (Å²) in [5.41, 5.74) is 1.33. The average molecular weight is 353 g/mol. The number of para-hydroxylation sites is 2. The van der Waals surface area contributed by atoms with Gasteiger partial charge in [-0.2, -0.15) is 0 Å². The third-order valence-electron chi connectivity index (χ3n) is 4.53. The Morgan fingerprint density at radius 3 is 2.21 bits per heavy atom. The van der Waals surface area contributed by atoms with Gasteiger partial charge in [-0.25, -0.2) is 4.79 Å². The number of rotatable bonds is 3. The molecule has 2 fully saturated rings. The molecule has 2 saturated heterocycles. The summed E-state index contributed by atoms with van der Waals surface area (Å²) in [6.45, 7) is 3.36. The lowest BCUT2D eigenvalue weighted by atomic mass is 9.97. The van der Waals surface area contributed by atoms with Crippen LogP contribution in [0.15, 0.2) is 24.3 Å². The summed E-state index contributed by atoms with van der Waals surface area (Å²) in [5.74, 6) is 0.0768. The first-order chi connectivity index (χ1) is 11.2. The summed E-state index contributed by atoms with van der Waals surface area (Å²) in [6, 6.07) is 7.29. The number of likely N-dealkylation sites (tertiary alicyclic amines) is 1. The number of hydrogen-bond donors (Lipinski definition) is 3. The van der Waals surface area contributed by atoms with Crippen molar-refractivity contribution in [3.8, 4) is 0 Å². The van der Waals surface area contributed by atoms with Crippen molar-refractivity contribution in [1.29, 1.82) is 0 Å². The van der Waals surface area contributed by atoms with E-state index in [0.29, 0.717) is 11.4 Å². The molecule has 3 amide bonds. The zero-order valence-corrected chi connectivity index (χ0v) is 14.5. The van der Waals surface area contributed by atoms with Crippen LogP contribution >= 0.6 is 12.4 Å². The number of nitrogens with one attached hydrogen (secondary N) is 3. The Labute approximate surface area is 148 Å². The van der Waals surface area contributed by atoms with E-state index in [1.807, 2.05) is 29.2 Å². The normalized spacial score (nSPS) is 17.9. The highest BCUT2D eigenvalue weighted by molar-refractivity contribution is 5.99. The molecule has 0 unspecified atom stereocenters. The van der Waals surface area contributed by atoms with Crippen LogP contribution in [0.2, 0.25) is 0 Å². The molecule has 2 aliphatic rings. The number of carbonyl (C=O) groups is 2. The predicted octanol–water partition coefficient (Wildman–Crippen LogP) is 2.67. The molecule has 24 heavy (non-hydrogen) atoms. The van der Waals surface area contributed by atoms with E-state index >= 15 is 0 Å². The molecule has 6 nitrogen and oxygen atoms in total. The number of halogens is 1. The minimum Gasteiger partial charge on any atom is -0.325 e. The molecular formula is C17H25ClN4O2. The van der Waals surface area contributed by atoms with E-state index in [2.05, 4.69) is 16.0 Å². The zero-order chi connectivity index (χ0) is 16.1. The third kappa shape index (κ3) is 4.61. The molecule has 0 spiro atoms. The second kappa shape index (κ2) is 8.89. The Balaban J connectivity index is 0.00000208. The quantitative estimate of drug-likeness (QED) is 0.783. The Kier molecular flexibility index (Phi) is 6.87. The minimum atomic E-state index is -0.0916. The maximum absolute atomic E-state index is 12.4. The Bertz CT molecular complexity index is 569. The number of amides is 3. The Morgan fingerprint density at radius 1 is 1.00 bits per heavy atom. The van der Waals surface area contributed by atoms with Gasteiger partial charge in [-0.15, -0.1) is 12.4 Å². The fraction of sp³-hybridized carbons (Fsp3) is 0.529. The second-order valence-electron chi connectivity index (χ2n) is 6.18. The van der Waals surface area contributed by atoms with Gasteiger partial charge in [0, 0.05) is 19.0 Å². The van der Waals surface area contributed by atoms with E-state index in [9.17, 15) is 9.59 Å². The van der Waals surface area contributed by atoms with Crippen LogP contribution in [0.1, 0.15) is 25.7 Å². The highest BCUT2D eigenvalue weighted by atomic mass is 35.5. The first-order valence-corrected chi connectivity index (χ1v) is 8.40. The van der Waals surface area contributed by atoms with Crippen molar-refractivity contribution in [3.63, 3.8) is 0 Å². The SMILES string of the molecule is Cl.O=C(Nc1ccccc1NC(=O)N1CCCC1)C1CCNCC1. The molecule has 3 rings (SSSR count). The van der Waals surface area contributed by atoms with Gasteiger partial charge in [0.15, 0.2) is 0 Å². The molecule has 7 heteroatoms. The van der Waals surface area contributed by atoms with Gasteiger partial charge in [-0.05, 0) is 50.9 Å². The first kappa shape index (κ1) is 18.5. The van der Waals surface area contributed by atoms with Crippen LogP contribution in [0.5, 0.6) is 0 Å². The molecule has 0 saturated carbocycles. The largest absolute Gasteiger partial charge is 0.325 e. The van der Waals surface area contributed by atoms with Crippen molar-refractivity contribution < 1.29 is 9.59 Å². The summed E-state index contributed by atoms with van der Waals surface area (Å²) in [5, 5.41) is 9.16. The zero-order valence-electron chi connectivity index (χ0n) is 13.7. The standard InChI is InChI=1S/C17H24N4O2.ClH/c22-16(13-7-9-18-10-8-13)19-14-5-1-2-6-15(14)20-17(23)21-11-3-4-12-21;/h1-2,5-6,13,18H,3-4,7-12H2,(H,19,22)(H,20,23);1H. The van der Waals surface area contributed by atoms with E-state index in [0.717, 1.165) is 51.9 Å². The van der Waals surface area contributed by atoms with Crippen LogP contribution in [0.4, 0.5) is 16.2 Å². The molecule has 1 aromatic carbocycles. The van der Waals surface area contributed by atoms with Crippen molar-refractivity contribution in [3.05, 3.63) is 24.3 Å². The lowest BCUT2D eigenvalue weighted by Gasteiger charge is -2.23. The van der Waals surface area contributed by atoms with Crippen LogP contribution in [0.25, 0.3) is 0 Å². The van der Waals surface area contributed by atoms with Crippen molar-refractivity contribution in [1.82, 2.24) is 10.2 Å². The predicted molar refractivity (Wildman–Crippen MR) is 97.7 cm³/mol. The van der Waals surface area contributed by atoms with Gasteiger partial charge in [-0.1, -0.05) is 12.1 Å². The number of carbonyl (C=O) groups excluding carboxylic acids is 2. The molecule has 0 bridgehead atoms. The average Bonchev–Trinajstić information content (AvgIpc) is 3.12. The van der Waals surface area contributed by atoms with Crippen molar-refractivity contribution in [2.75, 3.05) is 36.8 Å². The highest BCUT2D eigenvalue weighted by Crippen LogP contribution is 2.24. The van der Waals surface area contributed by atoms with Crippen molar-refractivity contribution in [2.45, 2.75) is 25.7 Å². The van der Waals surface area contributed by atoms with Gasteiger partial charge in [0.25, 0.3) is 0 Å². The molecule has 2 heterocycles. The van der Waals surface area contributed by atoms with Gasteiger partial charge in [0.2, 0.25) is 5.91 Å². The van der Waals surface area contributed by atoms with Gasteiger partial charge < -0.3 is 20.9 Å². The molecule has 0 aromatic heterocycles. The van der Waals surface area contributed by atoms with Gasteiger partial charge in [0.1, 0.15) is 0 Å². The van der Waals surface area contributed by atoms with Crippen molar-refractivity contribution in [2.24, 2.45) is 5.92 Å². The van der Waals surface area contributed by atoms with Crippen LogP contribution < -0.4 is 16.0 Å². The van der Waals surface area contributed by atoms with Crippen LogP contribution in [-0.2, 0) is 4.79 Å². The van der Waals surface area contributed by atoms with Gasteiger partial charge in [0.05, 0.1) is 11.4 Å². The molecule has 132 valence electrons. The van der Waals surface area contributed by atoms with Crippen molar-refractivity contribution >= 4 is 35.7 Å². The van der Waals surface area contributed by atoms with E-state index < -0.39 is 0 Å².